The Labute approximate surface area is 229 Å². The molecular formula is C29H52N4O5. The van der Waals surface area contributed by atoms with Gasteiger partial charge < -0.3 is 37.1 Å². The van der Waals surface area contributed by atoms with Gasteiger partial charge in [0.15, 0.2) is 0 Å². The van der Waals surface area contributed by atoms with Gasteiger partial charge in [0.25, 0.3) is 0 Å². The smallest absolute Gasteiger partial charge is 0.224 e. The Morgan fingerprint density at radius 2 is 1.74 bits per heavy atom. The van der Waals surface area contributed by atoms with Crippen LogP contribution >= 0.6 is 0 Å². The number of aliphatic hydroxyl groups is 1. The summed E-state index contributed by atoms with van der Waals surface area (Å²) in [5, 5.41) is 13.8. The molecule has 4 unspecified atom stereocenters. The monoisotopic (exact) mass is 536 g/mol. The van der Waals surface area contributed by atoms with Crippen molar-refractivity contribution in [1.29, 1.82) is 0 Å². The van der Waals surface area contributed by atoms with Crippen LogP contribution in [-0.2, 0) is 20.7 Å². The molecule has 0 saturated carbocycles. The molecule has 0 aliphatic heterocycles. The van der Waals surface area contributed by atoms with E-state index in [4.69, 9.17) is 26.7 Å². The molecule has 1 aromatic rings. The van der Waals surface area contributed by atoms with Crippen LogP contribution in [0, 0.1) is 29.1 Å². The highest BCUT2D eigenvalue weighted by atomic mass is 16.5. The first kappa shape index (κ1) is 33.7. The molecule has 0 heterocycles. The Bertz CT molecular complexity index is 875. The molecule has 0 aliphatic rings. The number of primary amides is 1. The molecule has 1 rings (SSSR count). The number of ether oxygens (including phenoxy) is 2. The number of rotatable bonds is 18. The minimum atomic E-state index is -0.854. The third-order valence-corrected chi connectivity index (χ3v) is 7.35. The molecule has 1 aromatic carbocycles. The van der Waals surface area contributed by atoms with Gasteiger partial charge in [0.1, 0.15) is 5.75 Å². The van der Waals surface area contributed by atoms with Crippen LogP contribution in [-0.4, -0.2) is 55.9 Å². The molecule has 0 fully saturated rings. The zero-order valence-corrected chi connectivity index (χ0v) is 24.5. The Morgan fingerprint density at radius 1 is 1.08 bits per heavy atom. The SMILES string of the molecule is COCCCOc1cc(CC(CC(N)C(O)CC(C(=O)NCC(C)(C)C(N)=O)C(C)C)C(C)C)ccc1N. The second-order valence-electron chi connectivity index (χ2n) is 11.8. The highest BCUT2D eigenvalue weighted by molar-refractivity contribution is 5.83. The highest BCUT2D eigenvalue weighted by Crippen LogP contribution is 2.29. The minimum Gasteiger partial charge on any atom is -0.491 e. The number of benzene rings is 1. The van der Waals surface area contributed by atoms with Crippen LogP contribution in [0.5, 0.6) is 5.75 Å². The van der Waals surface area contributed by atoms with E-state index in [0.717, 1.165) is 18.4 Å². The minimum absolute atomic E-state index is 0.00785. The van der Waals surface area contributed by atoms with Gasteiger partial charge in [-0.2, -0.15) is 0 Å². The van der Waals surface area contributed by atoms with Gasteiger partial charge in [-0.15, -0.1) is 0 Å². The van der Waals surface area contributed by atoms with E-state index in [2.05, 4.69) is 19.2 Å². The normalized spacial score (nSPS) is 15.2. The summed E-state index contributed by atoms with van der Waals surface area (Å²) in [6.45, 7) is 12.8. The Morgan fingerprint density at radius 3 is 2.29 bits per heavy atom. The maximum Gasteiger partial charge on any atom is 0.224 e. The van der Waals surface area contributed by atoms with Crippen molar-refractivity contribution in [2.24, 2.45) is 40.6 Å². The number of anilines is 1. The van der Waals surface area contributed by atoms with Crippen molar-refractivity contribution in [3.63, 3.8) is 0 Å². The predicted molar refractivity (Wildman–Crippen MR) is 152 cm³/mol. The van der Waals surface area contributed by atoms with Crippen LogP contribution in [0.25, 0.3) is 0 Å². The summed E-state index contributed by atoms with van der Waals surface area (Å²) in [7, 11) is 1.66. The molecular weight excluding hydrogens is 484 g/mol. The first-order chi connectivity index (χ1) is 17.7. The quantitative estimate of drug-likeness (QED) is 0.142. The van der Waals surface area contributed by atoms with Gasteiger partial charge in [-0.1, -0.05) is 33.8 Å². The summed E-state index contributed by atoms with van der Waals surface area (Å²) in [6.07, 6.45) is 1.55. The van der Waals surface area contributed by atoms with E-state index in [9.17, 15) is 14.7 Å². The maximum absolute atomic E-state index is 12.9. The number of carbonyl (C=O) groups is 2. The van der Waals surface area contributed by atoms with Gasteiger partial charge >= 0.3 is 0 Å². The molecule has 0 aromatic heterocycles. The lowest BCUT2D eigenvalue weighted by atomic mass is 9.80. The second-order valence-corrected chi connectivity index (χ2v) is 11.8. The lowest BCUT2D eigenvalue weighted by Gasteiger charge is -2.30. The average molecular weight is 537 g/mol. The molecule has 0 saturated heterocycles. The van der Waals surface area contributed by atoms with E-state index in [1.54, 1.807) is 21.0 Å². The Hall–Kier alpha value is -2.36. The molecule has 218 valence electrons. The predicted octanol–water partition coefficient (Wildman–Crippen LogP) is 2.87. The number of nitrogen functional groups attached to an aromatic ring is 1. The first-order valence-electron chi connectivity index (χ1n) is 13.7. The van der Waals surface area contributed by atoms with Crippen molar-refractivity contribution in [3.8, 4) is 5.75 Å². The molecule has 4 atom stereocenters. The molecule has 0 spiro atoms. The fraction of sp³-hybridized carbons (Fsp3) is 0.724. The van der Waals surface area contributed by atoms with Gasteiger partial charge in [-0.25, -0.2) is 0 Å². The van der Waals surface area contributed by atoms with E-state index < -0.39 is 29.4 Å². The van der Waals surface area contributed by atoms with Crippen molar-refractivity contribution < 1.29 is 24.2 Å². The van der Waals surface area contributed by atoms with Crippen molar-refractivity contribution in [2.45, 2.75) is 79.4 Å². The standard InChI is InChI=1S/C29H52N4O5/c1-18(2)21(13-20-9-10-23(30)26(14-20)38-12-8-11-37-7)15-24(31)25(34)16-22(19(3)4)27(35)33-17-29(5,6)28(32)36/h9-10,14,18-19,21-22,24-25,34H,8,11-13,15-17,30-31H2,1-7H3,(H2,32,36)(H,33,35). The summed E-state index contributed by atoms with van der Waals surface area (Å²) >= 11 is 0. The van der Waals surface area contributed by atoms with Crippen LogP contribution in [0.1, 0.15) is 66.4 Å². The maximum atomic E-state index is 12.9. The third kappa shape index (κ3) is 11.2. The molecule has 2 amide bonds. The van der Waals surface area contributed by atoms with E-state index in [0.29, 0.717) is 37.0 Å². The molecule has 38 heavy (non-hydrogen) atoms. The summed E-state index contributed by atoms with van der Waals surface area (Å²) in [5.41, 5.74) is 18.9. The highest BCUT2D eigenvalue weighted by Gasteiger charge is 2.32. The number of carbonyl (C=O) groups excluding carboxylic acids is 2. The van der Waals surface area contributed by atoms with Crippen LogP contribution < -0.4 is 27.3 Å². The number of amides is 2. The van der Waals surface area contributed by atoms with Crippen molar-refractivity contribution >= 4 is 17.5 Å². The Kier molecular flexibility index (Phi) is 14.1. The van der Waals surface area contributed by atoms with Crippen LogP contribution in [0.2, 0.25) is 0 Å². The van der Waals surface area contributed by atoms with E-state index in [1.807, 2.05) is 32.0 Å². The van der Waals surface area contributed by atoms with Gasteiger partial charge in [-0.3, -0.25) is 9.59 Å². The summed E-state index contributed by atoms with van der Waals surface area (Å²) < 4.78 is 10.9. The number of hydrogen-bond donors (Lipinski definition) is 5. The second kappa shape index (κ2) is 15.9. The molecule has 9 nitrogen and oxygen atoms in total. The molecule has 0 bridgehead atoms. The van der Waals surface area contributed by atoms with Crippen molar-refractivity contribution in [1.82, 2.24) is 5.32 Å². The van der Waals surface area contributed by atoms with Crippen molar-refractivity contribution in [2.75, 3.05) is 32.6 Å². The van der Waals surface area contributed by atoms with E-state index >= 15 is 0 Å². The van der Waals surface area contributed by atoms with Crippen molar-refractivity contribution in [3.05, 3.63) is 23.8 Å². The number of aliphatic hydroxyl groups excluding tert-OH is 1. The first-order valence-corrected chi connectivity index (χ1v) is 13.7. The average Bonchev–Trinajstić information content (AvgIpc) is 2.84. The van der Waals surface area contributed by atoms with Crippen LogP contribution in [0.3, 0.4) is 0 Å². The van der Waals surface area contributed by atoms with E-state index in [1.165, 1.54) is 0 Å². The number of nitrogens with two attached hydrogens (primary N) is 3. The third-order valence-electron chi connectivity index (χ3n) is 7.35. The lowest BCUT2D eigenvalue weighted by molar-refractivity contribution is -0.130. The molecule has 8 N–H and O–H groups in total. The molecule has 0 aliphatic carbocycles. The molecule has 9 heteroatoms. The number of nitrogens with one attached hydrogen (secondary N) is 1. The fourth-order valence-corrected chi connectivity index (χ4v) is 4.26. The molecule has 0 radical (unpaired) electrons. The summed E-state index contributed by atoms with van der Waals surface area (Å²) in [6, 6.07) is 5.35. The van der Waals surface area contributed by atoms with Crippen LogP contribution in [0.4, 0.5) is 5.69 Å². The zero-order valence-electron chi connectivity index (χ0n) is 24.5. The van der Waals surface area contributed by atoms with Crippen LogP contribution in [0.15, 0.2) is 18.2 Å². The van der Waals surface area contributed by atoms with Gasteiger partial charge in [0, 0.05) is 38.6 Å². The topological polar surface area (TPSA) is 163 Å². The lowest BCUT2D eigenvalue weighted by Crippen LogP contribution is -2.46. The van der Waals surface area contributed by atoms with Gasteiger partial charge in [0.2, 0.25) is 11.8 Å². The Balaban J connectivity index is 2.82. The number of methoxy groups -OCH3 is 1. The zero-order chi connectivity index (χ0) is 29.0. The summed E-state index contributed by atoms with van der Waals surface area (Å²) in [5.74, 6) is 0.0752. The number of hydrogen-bond acceptors (Lipinski definition) is 7. The van der Waals surface area contributed by atoms with Gasteiger partial charge in [-0.05, 0) is 68.6 Å². The largest absolute Gasteiger partial charge is 0.491 e. The fourth-order valence-electron chi connectivity index (χ4n) is 4.26. The van der Waals surface area contributed by atoms with Gasteiger partial charge in [0.05, 0.1) is 23.8 Å². The van der Waals surface area contributed by atoms with E-state index in [-0.39, 0.29) is 30.7 Å². The summed E-state index contributed by atoms with van der Waals surface area (Å²) in [4.78, 5) is 24.5.